The van der Waals surface area contributed by atoms with E-state index in [-0.39, 0.29) is 0 Å². The summed E-state index contributed by atoms with van der Waals surface area (Å²) in [5.74, 6) is 0.522. The molecule has 0 bridgehead atoms. The van der Waals surface area contributed by atoms with Crippen LogP contribution >= 0.6 is 11.3 Å². The normalized spacial score (nSPS) is 12.7. The number of H-pyrrole nitrogens is 1. The standard InChI is InChI=1S/C22H22N4S/c1-15(2)17-8-10-19(11-9-17)25-22-26(16(3)14-27-22)24-13-18-12-23-21-7-5-4-6-20(18)21/h4-15,23H,1-3H3. The number of para-hydroxylation sites is 1. The number of nitrogens with zero attached hydrogens (tertiary/aromatic N) is 3. The highest BCUT2D eigenvalue weighted by molar-refractivity contribution is 7.07. The lowest BCUT2D eigenvalue weighted by Gasteiger charge is -2.04. The van der Waals surface area contributed by atoms with Gasteiger partial charge in [0.25, 0.3) is 0 Å². The predicted molar refractivity (Wildman–Crippen MR) is 114 cm³/mol. The maximum Gasteiger partial charge on any atom is 0.211 e. The van der Waals surface area contributed by atoms with Crippen LogP contribution in [0.15, 0.2) is 70.2 Å². The first-order valence-corrected chi connectivity index (χ1v) is 9.92. The van der Waals surface area contributed by atoms with E-state index in [0.717, 1.165) is 32.6 Å². The molecular weight excluding hydrogens is 352 g/mol. The van der Waals surface area contributed by atoms with Gasteiger partial charge in [0.05, 0.1) is 17.6 Å². The van der Waals surface area contributed by atoms with Crippen molar-refractivity contribution in [3.63, 3.8) is 0 Å². The summed E-state index contributed by atoms with van der Waals surface area (Å²) in [5, 5.41) is 7.93. The molecule has 0 saturated carbocycles. The first kappa shape index (κ1) is 17.5. The number of fused-ring (bicyclic) bond motifs is 1. The van der Waals surface area contributed by atoms with Gasteiger partial charge in [0.2, 0.25) is 4.80 Å². The highest BCUT2D eigenvalue weighted by atomic mass is 32.1. The Labute approximate surface area is 162 Å². The second-order valence-corrected chi connectivity index (χ2v) is 7.70. The second kappa shape index (κ2) is 7.37. The highest BCUT2D eigenvalue weighted by Gasteiger charge is 2.03. The summed E-state index contributed by atoms with van der Waals surface area (Å²) in [6, 6.07) is 16.7. The van der Waals surface area contributed by atoms with Crippen molar-refractivity contribution >= 4 is 34.1 Å². The number of hydrogen-bond donors (Lipinski definition) is 1. The lowest BCUT2D eigenvalue weighted by molar-refractivity contribution is 0.809. The first-order chi connectivity index (χ1) is 13.1. The summed E-state index contributed by atoms with van der Waals surface area (Å²) < 4.78 is 1.89. The third-order valence-corrected chi connectivity index (χ3v) is 5.50. The molecule has 0 fully saturated rings. The van der Waals surface area contributed by atoms with Gasteiger partial charge in [-0.2, -0.15) is 5.10 Å². The van der Waals surface area contributed by atoms with Crippen molar-refractivity contribution in [1.82, 2.24) is 9.66 Å². The van der Waals surface area contributed by atoms with Gasteiger partial charge in [0, 0.05) is 28.0 Å². The fourth-order valence-corrected chi connectivity index (χ4v) is 3.79. The van der Waals surface area contributed by atoms with E-state index >= 15 is 0 Å². The highest BCUT2D eigenvalue weighted by Crippen LogP contribution is 2.19. The van der Waals surface area contributed by atoms with E-state index in [1.54, 1.807) is 11.3 Å². The van der Waals surface area contributed by atoms with Gasteiger partial charge in [-0.1, -0.05) is 44.2 Å². The molecule has 0 unspecified atom stereocenters. The molecule has 0 aliphatic heterocycles. The smallest absolute Gasteiger partial charge is 0.211 e. The zero-order valence-corrected chi connectivity index (χ0v) is 16.5. The molecule has 0 aliphatic rings. The van der Waals surface area contributed by atoms with Crippen molar-refractivity contribution in [3.8, 4) is 0 Å². The third kappa shape index (κ3) is 3.64. The summed E-state index contributed by atoms with van der Waals surface area (Å²) in [5.41, 5.74) is 5.50. The van der Waals surface area contributed by atoms with E-state index in [1.165, 1.54) is 5.56 Å². The number of rotatable bonds is 4. The summed E-state index contributed by atoms with van der Waals surface area (Å²) in [7, 11) is 0. The monoisotopic (exact) mass is 374 g/mol. The van der Waals surface area contributed by atoms with Gasteiger partial charge >= 0.3 is 0 Å². The summed E-state index contributed by atoms with van der Waals surface area (Å²) in [6.45, 7) is 6.44. The summed E-state index contributed by atoms with van der Waals surface area (Å²) in [4.78, 5) is 8.93. The van der Waals surface area contributed by atoms with Crippen LogP contribution in [-0.4, -0.2) is 15.9 Å². The van der Waals surface area contributed by atoms with E-state index in [4.69, 9.17) is 4.99 Å². The quantitative estimate of drug-likeness (QED) is 0.454. The number of benzene rings is 2. The predicted octanol–water partition coefficient (Wildman–Crippen LogP) is 5.58. The van der Waals surface area contributed by atoms with Crippen LogP contribution in [0.2, 0.25) is 0 Å². The van der Waals surface area contributed by atoms with E-state index in [2.05, 4.69) is 65.7 Å². The average Bonchev–Trinajstić information content (AvgIpc) is 3.24. The number of nitrogens with one attached hydrogen (secondary N) is 1. The van der Waals surface area contributed by atoms with Crippen LogP contribution in [-0.2, 0) is 0 Å². The molecule has 2 aromatic carbocycles. The minimum absolute atomic E-state index is 0.522. The van der Waals surface area contributed by atoms with Gasteiger partial charge in [0.1, 0.15) is 0 Å². The molecule has 4 aromatic rings. The van der Waals surface area contributed by atoms with Gasteiger partial charge < -0.3 is 4.98 Å². The molecule has 1 N–H and O–H groups in total. The van der Waals surface area contributed by atoms with Gasteiger partial charge in [0.15, 0.2) is 0 Å². The van der Waals surface area contributed by atoms with Crippen molar-refractivity contribution in [2.24, 2.45) is 10.1 Å². The van der Waals surface area contributed by atoms with Gasteiger partial charge in [-0.3, -0.25) is 0 Å². The lowest BCUT2D eigenvalue weighted by Crippen LogP contribution is -2.11. The van der Waals surface area contributed by atoms with Crippen LogP contribution in [0.5, 0.6) is 0 Å². The Morgan fingerprint density at radius 2 is 1.85 bits per heavy atom. The molecule has 136 valence electrons. The number of aryl methyl sites for hydroxylation is 1. The fourth-order valence-electron chi connectivity index (χ4n) is 2.97. The maximum atomic E-state index is 4.78. The topological polar surface area (TPSA) is 45.4 Å². The Balaban J connectivity index is 1.69. The molecule has 0 spiro atoms. The number of thiazole rings is 1. The van der Waals surface area contributed by atoms with Crippen molar-refractivity contribution in [3.05, 3.63) is 81.7 Å². The Morgan fingerprint density at radius 1 is 1.07 bits per heavy atom. The van der Waals surface area contributed by atoms with Gasteiger partial charge in [-0.05, 0) is 36.6 Å². The zero-order chi connectivity index (χ0) is 18.8. The number of hydrogen-bond acceptors (Lipinski definition) is 3. The van der Waals surface area contributed by atoms with Gasteiger partial charge in [-0.15, -0.1) is 11.3 Å². The van der Waals surface area contributed by atoms with E-state index in [1.807, 2.05) is 36.1 Å². The molecule has 4 nitrogen and oxygen atoms in total. The minimum Gasteiger partial charge on any atom is -0.361 e. The molecule has 2 aromatic heterocycles. The van der Waals surface area contributed by atoms with Crippen molar-refractivity contribution < 1.29 is 0 Å². The van der Waals surface area contributed by atoms with E-state index in [9.17, 15) is 0 Å². The molecule has 4 rings (SSSR count). The van der Waals surface area contributed by atoms with Crippen LogP contribution in [0.4, 0.5) is 5.69 Å². The molecule has 0 saturated heterocycles. The molecule has 0 atom stereocenters. The third-order valence-electron chi connectivity index (χ3n) is 4.57. The van der Waals surface area contributed by atoms with E-state index < -0.39 is 0 Å². The molecule has 0 amide bonds. The molecule has 0 aliphatic carbocycles. The molecule has 5 heteroatoms. The molecular formula is C22H22N4S. The second-order valence-electron chi connectivity index (χ2n) is 6.86. The van der Waals surface area contributed by atoms with Crippen molar-refractivity contribution in [2.75, 3.05) is 0 Å². The lowest BCUT2D eigenvalue weighted by atomic mass is 10.0. The minimum atomic E-state index is 0.522. The average molecular weight is 375 g/mol. The Morgan fingerprint density at radius 3 is 2.63 bits per heavy atom. The van der Waals surface area contributed by atoms with Crippen LogP contribution < -0.4 is 4.80 Å². The fraction of sp³-hybridized carbons (Fsp3) is 0.182. The maximum absolute atomic E-state index is 4.78. The van der Waals surface area contributed by atoms with Gasteiger partial charge in [-0.25, -0.2) is 9.67 Å². The number of aromatic amines is 1. The zero-order valence-electron chi connectivity index (χ0n) is 15.7. The summed E-state index contributed by atoms with van der Waals surface area (Å²) >= 11 is 1.60. The van der Waals surface area contributed by atoms with Crippen molar-refractivity contribution in [2.45, 2.75) is 26.7 Å². The first-order valence-electron chi connectivity index (χ1n) is 9.04. The summed E-state index contributed by atoms with van der Waals surface area (Å²) in [6.07, 6.45) is 3.87. The van der Waals surface area contributed by atoms with Crippen molar-refractivity contribution in [1.29, 1.82) is 0 Å². The Bertz CT molecular complexity index is 1160. The van der Waals surface area contributed by atoms with Crippen LogP contribution in [0.3, 0.4) is 0 Å². The van der Waals surface area contributed by atoms with Crippen LogP contribution in [0, 0.1) is 6.92 Å². The molecule has 0 radical (unpaired) electrons. The molecule has 27 heavy (non-hydrogen) atoms. The van der Waals surface area contributed by atoms with Crippen LogP contribution in [0.1, 0.15) is 36.6 Å². The Kier molecular flexibility index (Phi) is 4.77. The Hall–Kier alpha value is -2.92. The molecule has 2 heterocycles. The number of aromatic nitrogens is 2. The van der Waals surface area contributed by atoms with Crippen LogP contribution in [0.25, 0.3) is 10.9 Å². The van der Waals surface area contributed by atoms with E-state index in [0.29, 0.717) is 5.92 Å². The largest absolute Gasteiger partial charge is 0.361 e. The SMILES string of the molecule is Cc1csc(=Nc2ccc(C(C)C)cc2)n1N=Cc1c[nH]c2ccccc12.